The molecule has 0 radical (unpaired) electrons. The fourth-order valence-electron chi connectivity index (χ4n) is 0.904. The Kier molecular flexibility index (Phi) is 2.90. The van der Waals surface area contributed by atoms with Crippen molar-refractivity contribution in [2.45, 2.75) is 6.92 Å². The van der Waals surface area contributed by atoms with Gasteiger partial charge in [-0.3, -0.25) is 0 Å². The molecule has 0 aromatic heterocycles. The molecule has 64 valence electrons. The summed E-state index contributed by atoms with van der Waals surface area (Å²) in [6, 6.07) is 3.54. The van der Waals surface area contributed by atoms with Gasteiger partial charge in [-0.15, -0.1) is 0 Å². The minimum Gasteiger partial charge on any atom is -0.478 e. The van der Waals surface area contributed by atoms with E-state index in [1.807, 2.05) is 6.92 Å². The first-order valence-corrected chi connectivity index (χ1v) is 4.80. The molecule has 2 nitrogen and oxygen atoms in total. The number of hydrogen-bond donors (Lipinski definition) is 1. The maximum Gasteiger partial charge on any atom is 0.337 e. The third kappa shape index (κ3) is 1.87. The van der Waals surface area contributed by atoms with E-state index in [-0.39, 0.29) is 5.56 Å². The molecule has 0 aliphatic carbocycles. The van der Waals surface area contributed by atoms with Crippen molar-refractivity contribution in [2.24, 2.45) is 0 Å². The molecular formula is C8H6Br2O2. The van der Waals surface area contributed by atoms with Crippen LogP contribution >= 0.6 is 31.9 Å². The van der Waals surface area contributed by atoms with Crippen LogP contribution in [0.5, 0.6) is 0 Å². The van der Waals surface area contributed by atoms with E-state index in [0.29, 0.717) is 8.95 Å². The van der Waals surface area contributed by atoms with Gasteiger partial charge in [-0.25, -0.2) is 4.79 Å². The highest BCUT2D eigenvalue weighted by molar-refractivity contribution is 9.11. The molecule has 12 heavy (non-hydrogen) atoms. The minimum absolute atomic E-state index is 0.264. The number of halogens is 2. The second-order valence-electron chi connectivity index (χ2n) is 2.41. The number of carboxylic acid groups (broad SMARTS) is 1. The molecule has 0 saturated carbocycles. The Morgan fingerprint density at radius 2 is 1.75 bits per heavy atom. The number of aryl methyl sites for hydroxylation is 1. The van der Waals surface area contributed by atoms with E-state index in [9.17, 15) is 4.79 Å². The second kappa shape index (κ2) is 3.58. The Bertz CT molecular complexity index is 311. The summed E-state index contributed by atoms with van der Waals surface area (Å²) in [5.41, 5.74) is 1.28. The Labute approximate surface area is 86.9 Å². The molecule has 0 amide bonds. The van der Waals surface area contributed by atoms with Crippen LogP contribution in [-0.2, 0) is 0 Å². The highest BCUT2D eigenvalue weighted by Gasteiger charge is 2.12. The Morgan fingerprint density at radius 3 is 2.08 bits per heavy atom. The predicted octanol–water partition coefficient (Wildman–Crippen LogP) is 3.22. The molecule has 0 atom stereocenters. The standard InChI is InChI=1S/C8H6Br2O2/c1-4-2-5(9)7(8(11)12)6(10)3-4/h2-3H,1H3,(H,11,12). The molecular weight excluding hydrogens is 288 g/mol. The number of hydrogen-bond acceptors (Lipinski definition) is 1. The van der Waals surface area contributed by atoms with Crippen LogP contribution in [-0.4, -0.2) is 11.1 Å². The zero-order valence-corrected chi connectivity index (χ0v) is 9.44. The van der Waals surface area contributed by atoms with Crippen LogP contribution in [0.25, 0.3) is 0 Å². The van der Waals surface area contributed by atoms with Gasteiger partial charge in [0.1, 0.15) is 0 Å². The number of rotatable bonds is 1. The Morgan fingerprint density at radius 1 is 1.33 bits per heavy atom. The van der Waals surface area contributed by atoms with Gasteiger partial charge in [0.15, 0.2) is 0 Å². The second-order valence-corrected chi connectivity index (χ2v) is 4.12. The van der Waals surface area contributed by atoms with E-state index >= 15 is 0 Å². The third-order valence-corrected chi connectivity index (χ3v) is 2.65. The summed E-state index contributed by atoms with van der Waals surface area (Å²) < 4.78 is 1.20. The van der Waals surface area contributed by atoms with Gasteiger partial charge in [-0.1, -0.05) is 0 Å². The number of carboxylic acids is 1. The molecule has 1 aromatic rings. The van der Waals surface area contributed by atoms with Crippen LogP contribution in [0.15, 0.2) is 21.1 Å². The Hall–Kier alpha value is -0.350. The van der Waals surface area contributed by atoms with Gasteiger partial charge in [0, 0.05) is 8.95 Å². The van der Waals surface area contributed by atoms with E-state index in [0.717, 1.165) is 5.56 Å². The van der Waals surface area contributed by atoms with Gasteiger partial charge in [0.25, 0.3) is 0 Å². The molecule has 0 bridgehead atoms. The summed E-state index contributed by atoms with van der Waals surface area (Å²) in [5.74, 6) is -0.936. The minimum atomic E-state index is -0.936. The van der Waals surface area contributed by atoms with E-state index in [1.54, 1.807) is 12.1 Å². The molecule has 1 rings (SSSR count). The molecule has 0 heterocycles. The van der Waals surface area contributed by atoms with Crippen molar-refractivity contribution in [1.29, 1.82) is 0 Å². The van der Waals surface area contributed by atoms with Crippen molar-refractivity contribution in [3.8, 4) is 0 Å². The van der Waals surface area contributed by atoms with Crippen LogP contribution in [0.2, 0.25) is 0 Å². The van der Waals surface area contributed by atoms with E-state index in [2.05, 4.69) is 31.9 Å². The molecule has 4 heteroatoms. The highest BCUT2D eigenvalue weighted by Crippen LogP contribution is 2.26. The normalized spacial score (nSPS) is 9.92. The quantitative estimate of drug-likeness (QED) is 0.863. The number of benzene rings is 1. The van der Waals surface area contributed by atoms with E-state index in [4.69, 9.17) is 5.11 Å². The van der Waals surface area contributed by atoms with Crippen molar-refractivity contribution in [2.75, 3.05) is 0 Å². The third-order valence-electron chi connectivity index (χ3n) is 1.40. The fourth-order valence-corrected chi connectivity index (χ4v) is 2.66. The first-order chi connectivity index (χ1) is 5.52. The van der Waals surface area contributed by atoms with Crippen molar-refractivity contribution < 1.29 is 9.90 Å². The summed E-state index contributed by atoms with van der Waals surface area (Å²) in [6.07, 6.45) is 0. The van der Waals surface area contributed by atoms with Gasteiger partial charge in [-0.05, 0) is 56.5 Å². The summed E-state index contributed by atoms with van der Waals surface area (Å²) >= 11 is 6.38. The molecule has 0 fully saturated rings. The van der Waals surface area contributed by atoms with Crippen molar-refractivity contribution in [3.05, 3.63) is 32.2 Å². The van der Waals surface area contributed by atoms with Crippen molar-refractivity contribution >= 4 is 37.8 Å². The van der Waals surface area contributed by atoms with Gasteiger partial charge >= 0.3 is 5.97 Å². The molecule has 1 N–H and O–H groups in total. The SMILES string of the molecule is Cc1cc(Br)c(C(=O)O)c(Br)c1. The average molecular weight is 294 g/mol. The number of aromatic carboxylic acids is 1. The van der Waals surface area contributed by atoms with Gasteiger partial charge in [0.2, 0.25) is 0 Å². The molecule has 0 aliphatic heterocycles. The summed E-state index contributed by atoms with van der Waals surface area (Å²) in [6.45, 7) is 1.90. The lowest BCUT2D eigenvalue weighted by atomic mass is 10.1. The molecule has 1 aromatic carbocycles. The predicted molar refractivity (Wildman–Crippen MR) is 53.5 cm³/mol. The monoisotopic (exact) mass is 292 g/mol. The lowest BCUT2D eigenvalue weighted by molar-refractivity contribution is 0.0695. The smallest absolute Gasteiger partial charge is 0.337 e. The molecule has 0 saturated heterocycles. The first kappa shape index (κ1) is 9.74. The van der Waals surface area contributed by atoms with Crippen LogP contribution < -0.4 is 0 Å². The Balaban J connectivity index is 3.38. The summed E-state index contributed by atoms with van der Waals surface area (Å²) in [5, 5.41) is 8.78. The zero-order chi connectivity index (χ0) is 9.30. The maximum absolute atomic E-state index is 10.7. The molecule has 0 aliphatic rings. The van der Waals surface area contributed by atoms with Crippen LogP contribution in [0.3, 0.4) is 0 Å². The molecule has 0 unspecified atom stereocenters. The average Bonchev–Trinajstić information content (AvgIpc) is 1.82. The lowest BCUT2D eigenvalue weighted by Crippen LogP contribution is -1.99. The van der Waals surface area contributed by atoms with Crippen LogP contribution in [0.1, 0.15) is 15.9 Å². The maximum atomic E-state index is 10.7. The molecule has 0 spiro atoms. The fraction of sp³-hybridized carbons (Fsp3) is 0.125. The van der Waals surface area contributed by atoms with E-state index in [1.165, 1.54) is 0 Å². The van der Waals surface area contributed by atoms with Gasteiger partial charge in [0.05, 0.1) is 5.56 Å². The van der Waals surface area contributed by atoms with Gasteiger partial charge in [-0.2, -0.15) is 0 Å². The highest BCUT2D eigenvalue weighted by atomic mass is 79.9. The van der Waals surface area contributed by atoms with Crippen molar-refractivity contribution in [1.82, 2.24) is 0 Å². The summed E-state index contributed by atoms with van der Waals surface area (Å²) in [4.78, 5) is 10.7. The van der Waals surface area contributed by atoms with Crippen molar-refractivity contribution in [3.63, 3.8) is 0 Å². The number of carbonyl (C=O) groups is 1. The largest absolute Gasteiger partial charge is 0.478 e. The zero-order valence-electron chi connectivity index (χ0n) is 6.27. The van der Waals surface area contributed by atoms with Gasteiger partial charge < -0.3 is 5.11 Å². The van der Waals surface area contributed by atoms with Crippen LogP contribution in [0, 0.1) is 6.92 Å². The van der Waals surface area contributed by atoms with E-state index < -0.39 is 5.97 Å². The topological polar surface area (TPSA) is 37.3 Å². The summed E-state index contributed by atoms with van der Waals surface area (Å²) in [7, 11) is 0. The van der Waals surface area contributed by atoms with Crippen LogP contribution in [0.4, 0.5) is 0 Å². The lowest BCUT2D eigenvalue weighted by Gasteiger charge is -2.03. The first-order valence-electron chi connectivity index (χ1n) is 3.21.